The summed E-state index contributed by atoms with van der Waals surface area (Å²) < 4.78 is 13.4. The average molecular weight is 226 g/mol. The smallest absolute Gasteiger partial charge is 0.124 e. The van der Waals surface area contributed by atoms with Crippen LogP contribution >= 0.6 is 15.9 Å². The van der Waals surface area contributed by atoms with E-state index in [1.807, 2.05) is 6.07 Å². The molecule has 3 heteroatoms. The fourth-order valence-electron chi connectivity index (χ4n) is 0.805. The Balaban J connectivity index is 3.03. The van der Waals surface area contributed by atoms with E-state index in [1.165, 1.54) is 18.2 Å². The summed E-state index contributed by atoms with van der Waals surface area (Å²) in [4.78, 5) is 0. The van der Waals surface area contributed by atoms with Gasteiger partial charge in [0, 0.05) is 10.5 Å². The Hall–Kier alpha value is -1.14. The molecule has 60 valence electrons. The minimum Gasteiger partial charge on any atom is -0.207 e. The van der Waals surface area contributed by atoms with E-state index in [4.69, 9.17) is 5.26 Å². The van der Waals surface area contributed by atoms with Crippen LogP contribution in [0.15, 0.2) is 28.7 Å². The van der Waals surface area contributed by atoms with Gasteiger partial charge in [0.15, 0.2) is 0 Å². The first kappa shape index (κ1) is 8.95. The van der Waals surface area contributed by atoms with Crippen molar-refractivity contribution >= 4 is 22.0 Å². The lowest BCUT2D eigenvalue weighted by Crippen LogP contribution is -1.77. The summed E-state index contributed by atoms with van der Waals surface area (Å²) in [5.41, 5.74) is 0.670. The van der Waals surface area contributed by atoms with Crippen molar-refractivity contribution in [2.75, 3.05) is 0 Å². The van der Waals surface area contributed by atoms with Crippen molar-refractivity contribution in [2.24, 2.45) is 0 Å². The first-order valence-electron chi connectivity index (χ1n) is 3.24. The van der Waals surface area contributed by atoms with Crippen LogP contribution < -0.4 is 0 Å². The summed E-state index contributed by atoms with van der Waals surface area (Å²) in [6.07, 6.45) is 2.86. The molecule has 0 aromatic heterocycles. The van der Waals surface area contributed by atoms with Gasteiger partial charge < -0.3 is 0 Å². The molecule has 1 aromatic carbocycles. The van der Waals surface area contributed by atoms with Crippen molar-refractivity contribution in [3.63, 3.8) is 0 Å². The van der Waals surface area contributed by atoms with E-state index >= 15 is 0 Å². The number of halogens is 2. The molecule has 1 aromatic rings. The lowest BCUT2D eigenvalue weighted by molar-refractivity contribution is 0.626. The summed E-state index contributed by atoms with van der Waals surface area (Å²) in [5.74, 6) is -0.318. The van der Waals surface area contributed by atoms with Crippen LogP contribution in [-0.4, -0.2) is 0 Å². The van der Waals surface area contributed by atoms with Gasteiger partial charge in [-0.2, -0.15) is 5.26 Å². The van der Waals surface area contributed by atoms with E-state index in [2.05, 4.69) is 15.9 Å². The molecule has 1 rings (SSSR count). The number of allylic oxidation sites excluding steroid dienone is 1. The van der Waals surface area contributed by atoms with E-state index < -0.39 is 0 Å². The first-order chi connectivity index (χ1) is 5.72. The highest BCUT2D eigenvalue weighted by Crippen LogP contribution is 2.15. The second kappa shape index (κ2) is 4.03. The van der Waals surface area contributed by atoms with Crippen LogP contribution in [0.1, 0.15) is 5.56 Å². The molecule has 12 heavy (non-hydrogen) atoms. The van der Waals surface area contributed by atoms with Crippen molar-refractivity contribution in [2.45, 2.75) is 0 Å². The Morgan fingerprint density at radius 2 is 2.17 bits per heavy atom. The highest BCUT2D eigenvalue weighted by Gasteiger charge is 1.94. The van der Waals surface area contributed by atoms with Crippen LogP contribution in [0.25, 0.3) is 6.08 Å². The quantitative estimate of drug-likeness (QED) is 0.675. The maximum atomic E-state index is 12.7. The van der Waals surface area contributed by atoms with Crippen molar-refractivity contribution in [1.82, 2.24) is 0 Å². The van der Waals surface area contributed by atoms with Gasteiger partial charge in [-0.3, -0.25) is 0 Å². The van der Waals surface area contributed by atoms with Crippen LogP contribution in [0.2, 0.25) is 0 Å². The third-order valence-electron chi connectivity index (χ3n) is 1.24. The first-order valence-corrected chi connectivity index (χ1v) is 4.04. The SMILES string of the molecule is N#C/C=C/c1cc(F)cc(Br)c1. The molecule has 0 atom stereocenters. The van der Waals surface area contributed by atoms with Crippen LogP contribution in [-0.2, 0) is 0 Å². The molecule has 0 radical (unpaired) electrons. The fraction of sp³-hybridized carbons (Fsp3) is 0. The zero-order valence-electron chi connectivity index (χ0n) is 6.09. The Morgan fingerprint density at radius 3 is 2.75 bits per heavy atom. The molecule has 0 saturated carbocycles. The molecular formula is C9H5BrFN. The largest absolute Gasteiger partial charge is 0.207 e. The number of hydrogen-bond acceptors (Lipinski definition) is 1. The van der Waals surface area contributed by atoms with Gasteiger partial charge in [0.1, 0.15) is 5.82 Å². The van der Waals surface area contributed by atoms with Gasteiger partial charge in [-0.05, 0) is 29.8 Å². The molecule has 0 N–H and O–H groups in total. The average Bonchev–Trinajstić information content (AvgIpc) is 1.99. The minimum atomic E-state index is -0.318. The van der Waals surface area contributed by atoms with E-state index in [9.17, 15) is 4.39 Å². The molecule has 0 aliphatic carbocycles. The molecule has 1 nitrogen and oxygen atoms in total. The molecule has 0 fully saturated rings. The van der Waals surface area contributed by atoms with Gasteiger partial charge in [0.2, 0.25) is 0 Å². The molecule has 0 heterocycles. The molecule has 0 aliphatic rings. The fourth-order valence-corrected chi connectivity index (χ4v) is 1.29. The summed E-state index contributed by atoms with van der Waals surface area (Å²) in [6.45, 7) is 0. The number of hydrogen-bond donors (Lipinski definition) is 0. The minimum absolute atomic E-state index is 0.318. The predicted octanol–water partition coefficient (Wildman–Crippen LogP) is 3.12. The van der Waals surface area contributed by atoms with Crippen LogP contribution in [0, 0.1) is 17.1 Å². The Labute approximate surface area is 78.3 Å². The predicted molar refractivity (Wildman–Crippen MR) is 48.7 cm³/mol. The summed E-state index contributed by atoms with van der Waals surface area (Å²) in [7, 11) is 0. The Morgan fingerprint density at radius 1 is 1.42 bits per heavy atom. The topological polar surface area (TPSA) is 23.8 Å². The van der Waals surface area contributed by atoms with Gasteiger partial charge in [0.25, 0.3) is 0 Å². The number of nitrogens with zero attached hydrogens (tertiary/aromatic N) is 1. The van der Waals surface area contributed by atoms with E-state index in [1.54, 1.807) is 12.1 Å². The van der Waals surface area contributed by atoms with Gasteiger partial charge in [0.05, 0.1) is 6.07 Å². The summed E-state index contributed by atoms with van der Waals surface area (Å²) in [6, 6.07) is 6.29. The second-order valence-corrected chi connectivity index (χ2v) is 3.08. The summed E-state index contributed by atoms with van der Waals surface area (Å²) >= 11 is 3.15. The summed E-state index contributed by atoms with van der Waals surface area (Å²) in [5, 5.41) is 8.22. The molecule has 0 aliphatic heterocycles. The Kier molecular flexibility index (Phi) is 3.01. The normalized spacial score (nSPS) is 10.1. The van der Waals surface area contributed by atoms with Gasteiger partial charge in [-0.15, -0.1) is 0 Å². The molecular weight excluding hydrogens is 221 g/mol. The monoisotopic (exact) mass is 225 g/mol. The van der Waals surface area contributed by atoms with Gasteiger partial charge in [-0.1, -0.05) is 15.9 Å². The highest BCUT2D eigenvalue weighted by atomic mass is 79.9. The number of rotatable bonds is 1. The lowest BCUT2D eigenvalue weighted by atomic mass is 10.2. The Bertz CT molecular complexity index is 332. The molecule has 0 bridgehead atoms. The van der Waals surface area contributed by atoms with Crippen molar-refractivity contribution < 1.29 is 4.39 Å². The zero-order chi connectivity index (χ0) is 8.97. The standard InChI is InChI=1S/C9H5BrFN/c10-8-4-7(2-1-3-12)5-9(11)6-8/h1-2,4-6H/b2-1+. The van der Waals surface area contributed by atoms with Crippen LogP contribution in [0.5, 0.6) is 0 Å². The van der Waals surface area contributed by atoms with E-state index in [0.717, 1.165) is 0 Å². The second-order valence-electron chi connectivity index (χ2n) is 2.17. The van der Waals surface area contributed by atoms with Crippen molar-refractivity contribution in [3.8, 4) is 6.07 Å². The highest BCUT2D eigenvalue weighted by molar-refractivity contribution is 9.10. The van der Waals surface area contributed by atoms with E-state index in [-0.39, 0.29) is 5.82 Å². The lowest BCUT2D eigenvalue weighted by Gasteiger charge is -1.94. The third-order valence-corrected chi connectivity index (χ3v) is 1.69. The molecule has 0 amide bonds. The number of nitriles is 1. The maximum Gasteiger partial charge on any atom is 0.124 e. The van der Waals surface area contributed by atoms with Gasteiger partial charge >= 0.3 is 0 Å². The molecule has 0 saturated heterocycles. The van der Waals surface area contributed by atoms with Crippen molar-refractivity contribution in [1.29, 1.82) is 5.26 Å². The molecule has 0 unspecified atom stereocenters. The van der Waals surface area contributed by atoms with Gasteiger partial charge in [-0.25, -0.2) is 4.39 Å². The number of benzene rings is 1. The third kappa shape index (κ3) is 2.48. The van der Waals surface area contributed by atoms with E-state index in [0.29, 0.717) is 10.0 Å². The molecule has 0 spiro atoms. The zero-order valence-corrected chi connectivity index (χ0v) is 7.68. The van der Waals surface area contributed by atoms with Crippen LogP contribution in [0.4, 0.5) is 4.39 Å². The van der Waals surface area contributed by atoms with Crippen LogP contribution in [0.3, 0.4) is 0 Å². The maximum absolute atomic E-state index is 12.7. The van der Waals surface area contributed by atoms with Crippen molar-refractivity contribution in [3.05, 3.63) is 40.1 Å².